The first-order valence-corrected chi connectivity index (χ1v) is 7.11. The van der Waals surface area contributed by atoms with Crippen molar-refractivity contribution in [2.75, 3.05) is 11.4 Å². The van der Waals surface area contributed by atoms with Crippen molar-refractivity contribution in [3.63, 3.8) is 0 Å². The maximum absolute atomic E-state index is 11.7. The van der Waals surface area contributed by atoms with E-state index in [1.165, 1.54) is 0 Å². The maximum Gasteiger partial charge on any atom is 0.434 e. The van der Waals surface area contributed by atoms with Crippen LogP contribution in [0.3, 0.4) is 0 Å². The first kappa shape index (κ1) is 15.5. The highest BCUT2D eigenvalue weighted by Crippen LogP contribution is 2.26. The molecule has 1 radical (unpaired) electrons. The van der Waals surface area contributed by atoms with E-state index in [1.54, 1.807) is 29.7 Å². The molecule has 0 spiro atoms. The van der Waals surface area contributed by atoms with Gasteiger partial charge < -0.3 is 15.1 Å². The van der Waals surface area contributed by atoms with Crippen LogP contribution in [0.25, 0.3) is 0 Å². The molecule has 0 aliphatic carbocycles. The zero-order valence-electron chi connectivity index (χ0n) is 12.5. The molecular weight excluding hydrogens is 310 g/mol. The van der Waals surface area contributed by atoms with Crippen LogP contribution in [0, 0.1) is 6.42 Å². The summed E-state index contributed by atoms with van der Waals surface area (Å²) in [5, 5.41) is 5.92. The first-order valence-electron chi connectivity index (χ1n) is 7.11. The second kappa shape index (κ2) is 6.78. The molecule has 3 N–H and O–H groups in total. The normalized spacial score (nSPS) is 10.5. The van der Waals surface area contributed by atoms with Crippen LogP contribution in [0.2, 0.25) is 0 Å². The summed E-state index contributed by atoms with van der Waals surface area (Å²) in [7, 11) is 0. The largest absolute Gasteiger partial charge is 0.434 e. The molecule has 0 aliphatic rings. The van der Waals surface area contributed by atoms with Crippen LogP contribution in [-0.2, 0) is 0 Å². The van der Waals surface area contributed by atoms with Crippen molar-refractivity contribution in [3.8, 4) is 0 Å². The molecule has 2 heterocycles. The molecule has 0 aliphatic heterocycles. The van der Waals surface area contributed by atoms with Gasteiger partial charge in [-0.1, -0.05) is 18.2 Å². The van der Waals surface area contributed by atoms with Crippen molar-refractivity contribution >= 4 is 17.4 Å². The second-order valence-corrected chi connectivity index (χ2v) is 4.84. The summed E-state index contributed by atoms with van der Waals surface area (Å²) >= 11 is 0. The highest BCUT2D eigenvalue weighted by molar-refractivity contribution is 5.98. The lowest BCUT2D eigenvalue weighted by atomic mass is 10.2. The Labute approximate surface area is 136 Å². The van der Waals surface area contributed by atoms with Gasteiger partial charge in [0.25, 0.3) is 5.91 Å². The molecule has 0 saturated heterocycles. The van der Waals surface area contributed by atoms with Gasteiger partial charge in [0, 0.05) is 18.4 Å². The monoisotopic (exact) mass is 324 g/mol. The van der Waals surface area contributed by atoms with Crippen molar-refractivity contribution < 1.29 is 9.21 Å². The molecule has 8 heteroatoms. The fraction of sp³-hybridized carbons (Fsp3) is 0.0625. The van der Waals surface area contributed by atoms with Crippen molar-refractivity contribution in [2.24, 2.45) is 5.73 Å². The highest BCUT2D eigenvalue weighted by atomic mass is 16.4. The molecule has 3 aromatic rings. The lowest BCUT2D eigenvalue weighted by molar-refractivity contribution is 0.100. The van der Waals surface area contributed by atoms with E-state index in [1.807, 2.05) is 30.3 Å². The number of H-pyrrole nitrogens is 1. The zero-order valence-corrected chi connectivity index (χ0v) is 12.5. The van der Waals surface area contributed by atoms with Gasteiger partial charge in [0.05, 0.1) is 12.0 Å². The Balaban J connectivity index is 1.96. The zero-order chi connectivity index (χ0) is 16.9. The predicted molar refractivity (Wildman–Crippen MR) is 86.7 cm³/mol. The maximum atomic E-state index is 11.7. The number of primary amides is 1. The predicted octanol–water partition coefficient (Wildman–Crippen LogP) is 1.25. The van der Waals surface area contributed by atoms with Crippen molar-refractivity contribution in [1.29, 1.82) is 0 Å². The third-order valence-electron chi connectivity index (χ3n) is 3.28. The van der Waals surface area contributed by atoms with Gasteiger partial charge in [0.1, 0.15) is 5.82 Å². The second-order valence-electron chi connectivity index (χ2n) is 4.84. The average molecular weight is 324 g/mol. The number of rotatable bonds is 6. The molecule has 3 rings (SSSR count). The van der Waals surface area contributed by atoms with E-state index >= 15 is 0 Å². The smallest absolute Gasteiger partial charge is 0.392 e. The quantitative estimate of drug-likeness (QED) is 0.704. The first-order chi connectivity index (χ1) is 11.6. The number of pyridine rings is 1. The van der Waals surface area contributed by atoms with Crippen LogP contribution in [-0.4, -0.2) is 27.6 Å². The molecule has 2 aromatic heterocycles. The number of nitrogens with one attached hydrogen (secondary N) is 1. The summed E-state index contributed by atoms with van der Waals surface area (Å²) in [4.78, 5) is 28.8. The minimum atomic E-state index is -0.636. The van der Waals surface area contributed by atoms with Crippen LogP contribution < -0.4 is 16.4 Å². The van der Waals surface area contributed by atoms with Gasteiger partial charge in [-0.25, -0.2) is 14.9 Å². The van der Waals surface area contributed by atoms with Crippen LogP contribution in [0.5, 0.6) is 0 Å². The van der Waals surface area contributed by atoms with Crippen LogP contribution in [0.4, 0.5) is 11.5 Å². The van der Waals surface area contributed by atoms with Gasteiger partial charge in [-0.3, -0.25) is 4.79 Å². The Morgan fingerprint density at radius 1 is 1.25 bits per heavy atom. The van der Waals surface area contributed by atoms with E-state index < -0.39 is 11.7 Å². The number of para-hydroxylation sites is 1. The van der Waals surface area contributed by atoms with Gasteiger partial charge in [0.2, 0.25) is 5.89 Å². The van der Waals surface area contributed by atoms with E-state index in [0.717, 1.165) is 5.69 Å². The number of carbonyl (C=O) groups excluding carboxylic acids is 1. The molecule has 1 amide bonds. The molecule has 0 fully saturated rings. The molecule has 0 bridgehead atoms. The van der Waals surface area contributed by atoms with Crippen LogP contribution >= 0.6 is 0 Å². The number of hydrogen-bond acceptors (Lipinski definition) is 6. The standard InChI is InChI=1S/C16H14N5O3/c17-14(22)12-7-4-9-18-15(12)21(11-5-2-1-3-6-11)10-8-13-19-20-16(23)24-13/h1-9H,10H2,(H2,17,22)(H,20,23). The molecular formula is C16H14N5O3. The van der Waals surface area contributed by atoms with Crippen LogP contribution in [0.1, 0.15) is 16.2 Å². The summed E-state index contributed by atoms with van der Waals surface area (Å²) in [6, 6.07) is 12.6. The van der Waals surface area contributed by atoms with Gasteiger partial charge in [-0.15, -0.1) is 5.10 Å². The van der Waals surface area contributed by atoms with Crippen LogP contribution in [0.15, 0.2) is 57.9 Å². The molecule has 1 aromatic carbocycles. The number of nitrogens with zero attached hydrogens (tertiary/aromatic N) is 3. The number of carbonyl (C=O) groups is 1. The van der Waals surface area contributed by atoms with Gasteiger partial charge in [0.15, 0.2) is 0 Å². The van der Waals surface area contributed by atoms with Crippen molar-refractivity contribution in [3.05, 3.63) is 77.1 Å². The highest BCUT2D eigenvalue weighted by Gasteiger charge is 2.18. The van der Waals surface area contributed by atoms with E-state index in [4.69, 9.17) is 10.2 Å². The average Bonchev–Trinajstić information content (AvgIpc) is 3.02. The fourth-order valence-electron chi connectivity index (χ4n) is 2.22. The molecule has 0 atom stereocenters. The third kappa shape index (κ3) is 3.32. The van der Waals surface area contributed by atoms with E-state index in [9.17, 15) is 9.59 Å². The Morgan fingerprint density at radius 2 is 2.04 bits per heavy atom. The number of amides is 1. The summed E-state index contributed by atoms with van der Waals surface area (Å²) in [5.41, 5.74) is 6.54. The lowest BCUT2D eigenvalue weighted by Gasteiger charge is -2.24. The Bertz CT molecular complexity index is 888. The Kier molecular flexibility index (Phi) is 4.37. The Morgan fingerprint density at radius 3 is 2.71 bits per heavy atom. The minimum absolute atomic E-state index is 0.150. The number of benzene rings is 1. The van der Waals surface area contributed by atoms with Gasteiger partial charge in [-0.2, -0.15) is 0 Å². The third-order valence-corrected chi connectivity index (χ3v) is 3.28. The summed E-state index contributed by atoms with van der Waals surface area (Å²) < 4.78 is 4.87. The summed E-state index contributed by atoms with van der Waals surface area (Å²) in [6.45, 7) is 0.273. The molecule has 121 valence electrons. The summed E-state index contributed by atoms with van der Waals surface area (Å²) in [5.74, 6) is -0.656. The minimum Gasteiger partial charge on any atom is -0.392 e. The number of anilines is 2. The van der Waals surface area contributed by atoms with Gasteiger partial charge in [-0.05, 0) is 24.3 Å². The number of aromatic nitrogens is 3. The Hall–Kier alpha value is -3.42. The molecule has 8 nitrogen and oxygen atoms in total. The van der Waals surface area contributed by atoms with Gasteiger partial charge >= 0.3 is 5.76 Å². The number of nitrogens with two attached hydrogens (primary N) is 1. The SMILES string of the molecule is NC(=O)c1cccnc1N(C[CH]c1n[nH]c(=O)o1)c1ccccc1. The molecule has 0 unspecified atom stereocenters. The van der Waals surface area contributed by atoms with E-state index in [2.05, 4.69) is 15.2 Å². The lowest BCUT2D eigenvalue weighted by Crippen LogP contribution is -2.24. The topological polar surface area (TPSA) is 118 Å². The van der Waals surface area contributed by atoms with Crippen molar-refractivity contribution in [2.45, 2.75) is 0 Å². The fourth-order valence-corrected chi connectivity index (χ4v) is 2.22. The number of aromatic amines is 1. The van der Waals surface area contributed by atoms with E-state index in [-0.39, 0.29) is 12.4 Å². The van der Waals surface area contributed by atoms with Crippen molar-refractivity contribution in [1.82, 2.24) is 15.2 Å². The number of hydrogen-bond donors (Lipinski definition) is 2. The molecule has 0 saturated carbocycles. The summed E-state index contributed by atoms with van der Waals surface area (Å²) in [6.07, 6.45) is 3.18. The molecule has 24 heavy (non-hydrogen) atoms. The van der Waals surface area contributed by atoms with E-state index in [0.29, 0.717) is 11.4 Å².